The Morgan fingerprint density at radius 3 is 2.33 bits per heavy atom. The molecule has 6 aromatic rings. The number of ether oxygens (including phenoxy) is 2. The van der Waals surface area contributed by atoms with E-state index in [1.54, 1.807) is 29.2 Å². The Hall–Kier alpha value is -6.11. The number of piperidine rings is 1. The molecule has 0 aliphatic carbocycles. The van der Waals surface area contributed by atoms with Crippen molar-refractivity contribution in [2.75, 3.05) is 13.2 Å². The lowest BCUT2D eigenvalue weighted by atomic mass is 10.0. The number of imide groups is 1. The minimum atomic E-state index is -0.624. The maximum absolute atomic E-state index is 13.0. The van der Waals surface area contributed by atoms with Gasteiger partial charge in [0.1, 0.15) is 35.6 Å². The van der Waals surface area contributed by atoms with E-state index >= 15 is 0 Å². The van der Waals surface area contributed by atoms with E-state index in [1.807, 2.05) is 60.0 Å². The van der Waals surface area contributed by atoms with Gasteiger partial charge in [-0.2, -0.15) is 0 Å². The monoisotopic (exact) mass is 784 g/mol. The van der Waals surface area contributed by atoms with Gasteiger partial charge in [-0.25, -0.2) is 0 Å². The summed E-state index contributed by atoms with van der Waals surface area (Å²) in [6.07, 6.45) is 2.47. The predicted molar refractivity (Wildman–Crippen MR) is 219 cm³/mol. The summed E-state index contributed by atoms with van der Waals surface area (Å²) in [6, 6.07) is 28.3. The summed E-state index contributed by atoms with van der Waals surface area (Å²) in [5, 5.41) is 28.7. The summed E-state index contributed by atoms with van der Waals surface area (Å²) >= 11 is 1.49. The molecule has 4 heterocycles. The molecule has 4 aromatic carbocycles. The van der Waals surface area contributed by atoms with Crippen molar-refractivity contribution in [1.82, 2.24) is 20.1 Å². The fraction of sp³-hybridized carbons (Fsp3) is 0.267. The SMILES string of the molecule is Cc1c(-c2ccc(O)cc2)n(Cc2ccc(OCCCCNCc3ccc(OCc4scc5c4CN(C4CCC(=O)NC4=O)C5=O)cc3)cc2)c2ccc(O)cc12. The summed E-state index contributed by atoms with van der Waals surface area (Å²) in [5.41, 5.74) is 7.94. The molecule has 0 bridgehead atoms. The maximum Gasteiger partial charge on any atom is 0.256 e. The number of aryl methyl sites for hydroxylation is 1. The number of rotatable bonds is 15. The molecule has 1 atom stereocenters. The van der Waals surface area contributed by atoms with Gasteiger partial charge in [0.25, 0.3) is 5.91 Å². The average molecular weight is 785 g/mol. The standard InChI is InChI=1S/C45H44N4O7S/c1-28-36-22-33(51)12-17-39(36)48(43(28)31-8-10-32(50)11-9-31)24-30-6-15-34(16-7-30)55-21-3-2-20-46-23-29-4-13-35(14-5-29)56-26-41-37-25-49(45(54)38(37)27-57-41)40-18-19-42(52)47-44(40)53/h4-17,22,27,40,46,50-51H,2-3,18-21,23-26H2,1H3,(H,47,52,53). The van der Waals surface area contributed by atoms with Crippen molar-refractivity contribution in [3.63, 3.8) is 0 Å². The van der Waals surface area contributed by atoms with Crippen molar-refractivity contribution in [1.29, 1.82) is 0 Å². The molecule has 2 aliphatic rings. The molecule has 2 aromatic heterocycles. The first-order valence-corrected chi connectivity index (χ1v) is 20.1. The molecule has 1 fully saturated rings. The van der Waals surface area contributed by atoms with Crippen molar-refractivity contribution < 1.29 is 34.1 Å². The van der Waals surface area contributed by atoms with E-state index in [4.69, 9.17) is 9.47 Å². The molecule has 0 saturated carbocycles. The van der Waals surface area contributed by atoms with Gasteiger partial charge in [-0.1, -0.05) is 24.3 Å². The molecule has 1 unspecified atom stereocenters. The van der Waals surface area contributed by atoms with Gasteiger partial charge in [-0.15, -0.1) is 11.3 Å². The van der Waals surface area contributed by atoms with Crippen molar-refractivity contribution in [3.05, 3.63) is 129 Å². The van der Waals surface area contributed by atoms with Crippen LogP contribution in [0.5, 0.6) is 23.0 Å². The number of fused-ring (bicyclic) bond motifs is 2. The fourth-order valence-electron chi connectivity index (χ4n) is 7.69. The smallest absolute Gasteiger partial charge is 0.256 e. The third kappa shape index (κ3) is 8.23. The highest BCUT2D eigenvalue weighted by atomic mass is 32.1. The second kappa shape index (κ2) is 16.5. The number of nitrogens with zero attached hydrogens (tertiary/aromatic N) is 2. The predicted octanol–water partition coefficient (Wildman–Crippen LogP) is 7.43. The number of nitrogens with one attached hydrogen (secondary N) is 2. The Kier molecular flexibility index (Phi) is 11.0. The quantitative estimate of drug-likeness (QED) is 0.0623. The summed E-state index contributed by atoms with van der Waals surface area (Å²) in [6.45, 7) is 5.62. The summed E-state index contributed by atoms with van der Waals surface area (Å²) in [4.78, 5) is 39.5. The van der Waals surface area contributed by atoms with Crippen molar-refractivity contribution in [3.8, 4) is 34.3 Å². The number of benzene rings is 4. The van der Waals surface area contributed by atoms with Crippen LogP contribution >= 0.6 is 11.3 Å². The third-order valence-electron chi connectivity index (χ3n) is 10.7. The molecular formula is C45H44N4O7S. The molecule has 0 spiro atoms. The fourth-order valence-corrected chi connectivity index (χ4v) is 8.64. The number of phenolic OH excluding ortho intramolecular Hbond substituents is 2. The van der Waals surface area contributed by atoms with Gasteiger partial charge in [0.05, 0.1) is 17.9 Å². The van der Waals surface area contributed by atoms with Crippen LogP contribution in [0.25, 0.3) is 22.2 Å². The Balaban J connectivity index is 0.757. The van der Waals surface area contributed by atoms with Gasteiger partial charge in [0, 0.05) is 52.8 Å². The van der Waals surface area contributed by atoms with Gasteiger partial charge in [-0.05, 0) is 122 Å². The van der Waals surface area contributed by atoms with E-state index in [1.165, 1.54) is 11.3 Å². The number of hydrogen-bond acceptors (Lipinski definition) is 9. The van der Waals surface area contributed by atoms with E-state index in [-0.39, 0.29) is 29.7 Å². The number of carbonyl (C=O) groups is 3. The zero-order chi connectivity index (χ0) is 39.5. The molecule has 292 valence electrons. The normalized spacial score (nSPS) is 15.3. The first-order chi connectivity index (χ1) is 27.7. The van der Waals surface area contributed by atoms with Crippen LogP contribution in [0.15, 0.2) is 96.4 Å². The number of unbranched alkanes of at least 4 members (excludes halogenated alkanes) is 1. The largest absolute Gasteiger partial charge is 0.508 e. The Bertz CT molecular complexity index is 2420. The molecule has 3 amide bonds. The molecule has 4 N–H and O–H groups in total. The highest BCUT2D eigenvalue weighted by Gasteiger charge is 2.40. The number of aromatic nitrogens is 1. The van der Waals surface area contributed by atoms with E-state index in [9.17, 15) is 24.6 Å². The Morgan fingerprint density at radius 2 is 1.58 bits per heavy atom. The number of carbonyl (C=O) groups excluding carboxylic acids is 3. The number of hydrogen-bond donors (Lipinski definition) is 4. The highest BCUT2D eigenvalue weighted by Crippen LogP contribution is 2.37. The molecule has 12 heteroatoms. The molecule has 0 radical (unpaired) electrons. The Morgan fingerprint density at radius 1 is 0.860 bits per heavy atom. The minimum Gasteiger partial charge on any atom is -0.508 e. The highest BCUT2D eigenvalue weighted by molar-refractivity contribution is 7.10. The molecule has 11 nitrogen and oxygen atoms in total. The van der Waals surface area contributed by atoms with Crippen molar-refractivity contribution >= 4 is 40.0 Å². The summed E-state index contributed by atoms with van der Waals surface area (Å²) in [5.74, 6) is 1.15. The van der Waals surface area contributed by atoms with Crippen molar-refractivity contribution in [2.24, 2.45) is 0 Å². The second-order valence-electron chi connectivity index (χ2n) is 14.6. The van der Waals surface area contributed by atoms with Crippen LogP contribution in [0, 0.1) is 6.92 Å². The zero-order valence-electron chi connectivity index (χ0n) is 31.6. The topological polar surface area (TPSA) is 142 Å². The number of amides is 3. The molecule has 2 aliphatic heterocycles. The van der Waals surface area contributed by atoms with Crippen LogP contribution in [0.1, 0.15) is 63.2 Å². The van der Waals surface area contributed by atoms with Crippen LogP contribution in [-0.4, -0.2) is 56.6 Å². The van der Waals surface area contributed by atoms with Crippen LogP contribution in [0.2, 0.25) is 0 Å². The van der Waals surface area contributed by atoms with Crippen molar-refractivity contribution in [2.45, 2.75) is 64.9 Å². The van der Waals surface area contributed by atoms with Crippen LogP contribution in [-0.2, 0) is 35.8 Å². The average Bonchev–Trinajstić information content (AvgIpc) is 3.85. The minimum absolute atomic E-state index is 0.169. The van der Waals surface area contributed by atoms with E-state index in [2.05, 4.69) is 34.3 Å². The van der Waals surface area contributed by atoms with E-state index in [0.29, 0.717) is 38.3 Å². The number of aromatic hydroxyl groups is 2. The second-order valence-corrected chi connectivity index (χ2v) is 15.5. The Labute approximate surface area is 334 Å². The lowest BCUT2D eigenvalue weighted by Crippen LogP contribution is -2.52. The van der Waals surface area contributed by atoms with E-state index < -0.39 is 11.9 Å². The van der Waals surface area contributed by atoms with Gasteiger partial charge in [0.15, 0.2) is 0 Å². The summed E-state index contributed by atoms with van der Waals surface area (Å²) < 4.78 is 14.4. The number of phenols is 2. The van der Waals surface area contributed by atoms with Gasteiger partial charge >= 0.3 is 0 Å². The molecule has 8 rings (SSSR count). The first kappa shape index (κ1) is 37.8. The van der Waals surface area contributed by atoms with Crippen LogP contribution in [0.4, 0.5) is 0 Å². The first-order valence-electron chi connectivity index (χ1n) is 19.2. The lowest BCUT2D eigenvalue weighted by Gasteiger charge is -2.29. The molecular weight excluding hydrogens is 741 g/mol. The summed E-state index contributed by atoms with van der Waals surface area (Å²) in [7, 11) is 0. The lowest BCUT2D eigenvalue weighted by molar-refractivity contribution is -0.136. The van der Waals surface area contributed by atoms with Gasteiger partial charge < -0.3 is 34.5 Å². The number of thiophene rings is 1. The van der Waals surface area contributed by atoms with Gasteiger partial charge in [-0.3, -0.25) is 19.7 Å². The van der Waals surface area contributed by atoms with Crippen LogP contribution < -0.4 is 20.1 Å². The third-order valence-corrected chi connectivity index (χ3v) is 11.7. The maximum atomic E-state index is 13.0. The molecule has 1 saturated heterocycles. The molecule has 57 heavy (non-hydrogen) atoms. The zero-order valence-corrected chi connectivity index (χ0v) is 32.4. The van der Waals surface area contributed by atoms with Crippen LogP contribution in [0.3, 0.4) is 0 Å². The van der Waals surface area contributed by atoms with E-state index in [0.717, 1.165) is 86.7 Å². The van der Waals surface area contributed by atoms with Gasteiger partial charge in [0.2, 0.25) is 11.8 Å².